The van der Waals surface area contributed by atoms with Gasteiger partial charge in [0.1, 0.15) is 18.8 Å². The van der Waals surface area contributed by atoms with Crippen LogP contribution in [0.2, 0.25) is 0 Å². The fourth-order valence-electron chi connectivity index (χ4n) is 2.80. The molecule has 0 spiro atoms. The van der Waals surface area contributed by atoms with E-state index in [4.69, 9.17) is 15.2 Å². The number of hydrogen-bond acceptors (Lipinski definition) is 7. The molecule has 0 aliphatic rings. The van der Waals surface area contributed by atoms with E-state index in [2.05, 4.69) is 0 Å². The van der Waals surface area contributed by atoms with Crippen LogP contribution in [0.5, 0.6) is 0 Å². The van der Waals surface area contributed by atoms with Gasteiger partial charge in [0.05, 0.1) is 0 Å². The van der Waals surface area contributed by atoms with Crippen molar-refractivity contribution in [3.63, 3.8) is 0 Å². The molecule has 0 saturated heterocycles. The Morgan fingerprint density at radius 2 is 1.67 bits per heavy atom. The molecule has 1 aromatic carbocycles. The first-order chi connectivity index (χ1) is 14.0. The summed E-state index contributed by atoms with van der Waals surface area (Å²) in [7, 11) is 3.62. The van der Waals surface area contributed by atoms with Gasteiger partial charge in [-0.1, -0.05) is 30.4 Å². The summed E-state index contributed by atoms with van der Waals surface area (Å²) in [6.45, 7) is 5.50. The second-order valence-electron chi connectivity index (χ2n) is 8.13. The number of carbonyl (C=O) groups is 2. The molecule has 0 saturated carbocycles. The standard InChI is InChI=1S/C23H34N2O4S/c1-22(2,24)17-23(3,25(4)5)21(27)29-16-15-28-20(26)10-8-7-9-18-11-13-19(30-6)14-12-18/h7-14H,15-17,24H2,1-6H3/b9-7+,10-8+. The third-order valence-corrected chi connectivity index (χ3v) is 5.28. The first-order valence-corrected chi connectivity index (χ1v) is 11.0. The smallest absolute Gasteiger partial charge is 0.330 e. The van der Waals surface area contributed by atoms with Gasteiger partial charge in [0.2, 0.25) is 0 Å². The molecule has 7 heteroatoms. The van der Waals surface area contributed by atoms with Gasteiger partial charge in [0.25, 0.3) is 0 Å². The minimum absolute atomic E-state index is 0.00945. The van der Waals surface area contributed by atoms with Crippen LogP contribution < -0.4 is 5.73 Å². The summed E-state index contributed by atoms with van der Waals surface area (Å²) in [5.74, 6) is -0.889. The number of allylic oxidation sites excluding steroid dienone is 2. The summed E-state index contributed by atoms with van der Waals surface area (Å²) in [5.41, 5.74) is 5.74. The maximum absolute atomic E-state index is 12.5. The predicted molar refractivity (Wildman–Crippen MR) is 123 cm³/mol. The molecule has 0 aliphatic carbocycles. The van der Waals surface area contributed by atoms with Crippen molar-refractivity contribution >= 4 is 29.8 Å². The lowest BCUT2D eigenvalue weighted by Crippen LogP contribution is -2.55. The number of rotatable bonds is 11. The molecule has 0 radical (unpaired) electrons. The summed E-state index contributed by atoms with van der Waals surface area (Å²) in [6.07, 6.45) is 9.07. The highest BCUT2D eigenvalue weighted by Gasteiger charge is 2.40. The number of thioether (sulfide) groups is 1. The van der Waals surface area contributed by atoms with Crippen molar-refractivity contribution in [1.82, 2.24) is 4.90 Å². The summed E-state index contributed by atoms with van der Waals surface area (Å²) in [6, 6.07) is 8.10. The van der Waals surface area contributed by atoms with E-state index in [-0.39, 0.29) is 13.2 Å². The number of carbonyl (C=O) groups excluding carboxylic acids is 2. The highest BCUT2D eigenvalue weighted by molar-refractivity contribution is 7.98. The highest BCUT2D eigenvalue weighted by Crippen LogP contribution is 2.24. The first kappa shape index (κ1) is 25.9. The van der Waals surface area contributed by atoms with Gasteiger partial charge < -0.3 is 15.2 Å². The van der Waals surface area contributed by atoms with Crippen molar-refractivity contribution < 1.29 is 19.1 Å². The van der Waals surface area contributed by atoms with Gasteiger partial charge in [0, 0.05) is 16.5 Å². The van der Waals surface area contributed by atoms with Gasteiger partial charge in [0.15, 0.2) is 0 Å². The molecule has 0 heterocycles. The molecule has 1 atom stereocenters. The molecule has 1 unspecified atom stereocenters. The van der Waals surface area contributed by atoms with Crippen molar-refractivity contribution in [3.05, 3.63) is 48.1 Å². The van der Waals surface area contributed by atoms with Gasteiger partial charge in [-0.15, -0.1) is 11.8 Å². The monoisotopic (exact) mass is 434 g/mol. The SMILES string of the molecule is CSc1ccc(/C=C/C=C/C(=O)OCCOC(=O)C(C)(CC(C)(C)N)N(C)C)cc1. The van der Waals surface area contributed by atoms with Crippen molar-refractivity contribution in [2.75, 3.05) is 33.6 Å². The fourth-order valence-corrected chi connectivity index (χ4v) is 3.20. The lowest BCUT2D eigenvalue weighted by atomic mass is 9.85. The third kappa shape index (κ3) is 9.15. The Bertz CT molecular complexity index is 751. The Hall–Kier alpha value is -2.09. The van der Waals surface area contributed by atoms with Crippen molar-refractivity contribution in [1.29, 1.82) is 0 Å². The number of ether oxygens (including phenoxy) is 2. The highest BCUT2D eigenvalue weighted by atomic mass is 32.2. The number of esters is 2. The van der Waals surface area contributed by atoms with Crippen LogP contribution in [0.1, 0.15) is 32.8 Å². The summed E-state index contributed by atoms with van der Waals surface area (Å²) >= 11 is 1.69. The number of benzene rings is 1. The number of nitrogens with zero attached hydrogens (tertiary/aromatic N) is 1. The maximum atomic E-state index is 12.5. The second-order valence-corrected chi connectivity index (χ2v) is 9.01. The molecule has 30 heavy (non-hydrogen) atoms. The largest absolute Gasteiger partial charge is 0.461 e. The van der Waals surface area contributed by atoms with Crippen LogP contribution in [0.4, 0.5) is 0 Å². The minimum atomic E-state index is -0.860. The Labute approximate surface area is 184 Å². The molecule has 0 bridgehead atoms. The van der Waals surface area contributed by atoms with Gasteiger partial charge >= 0.3 is 11.9 Å². The van der Waals surface area contributed by atoms with Gasteiger partial charge in [-0.3, -0.25) is 9.69 Å². The molecule has 166 valence electrons. The van der Waals surface area contributed by atoms with Crippen LogP contribution in [0.15, 0.2) is 47.4 Å². The third-order valence-electron chi connectivity index (χ3n) is 4.54. The molecule has 0 fully saturated rings. The van der Waals surface area contributed by atoms with E-state index in [1.807, 2.05) is 64.5 Å². The van der Waals surface area contributed by atoms with Gasteiger partial charge in [-0.25, -0.2) is 4.79 Å². The van der Waals surface area contributed by atoms with E-state index in [1.165, 1.54) is 11.0 Å². The second kappa shape index (κ2) is 11.9. The zero-order chi connectivity index (χ0) is 22.8. The minimum Gasteiger partial charge on any atom is -0.461 e. The molecule has 2 N–H and O–H groups in total. The van der Waals surface area contributed by atoms with Crippen LogP contribution >= 0.6 is 11.8 Å². The molecule has 1 aromatic rings. The Morgan fingerprint density at radius 1 is 1.07 bits per heavy atom. The average Bonchev–Trinajstić information content (AvgIpc) is 2.67. The molecular weight excluding hydrogens is 400 g/mol. The molecule has 1 rings (SSSR count). The molecular formula is C23H34N2O4S. The number of hydrogen-bond donors (Lipinski definition) is 1. The fraction of sp³-hybridized carbons (Fsp3) is 0.478. The predicted octanol–water partition coefficient (Wildman–Crippen LogP) is 3.51. The van der Waals surface area contributed by atoms with Crippen LogP contribution in [-0.2, 0) is 19.1 Å². The van der Waals surface area contributed by atoms with E-state index in [9.17, 15) is 9.59 Å². The zero-order valence-electron chi connectivity index (χ0n) is 18.8. The number of nitrogens with two attached hydrogens (primary N) is 1. The van der Waals surface area contributed by atoms with Crippen molar-refractivity contribution in [2.45, 2.75) is 43.2 Å². The van der Waals surface area contributed by atoms with Gasteiger partial charge in [-0.05, 0) is 65.2 Å². The molecule has 0 aliphatic heterocycles. The topological polar surface area (TPSA) is 81.9 Å². The van der Waals surface area contributed by atoms with Crippen LogP contribution in [0, 0.1) is 0 Å². The van der Waals surface area contributed by atoms with E-state index in [1.54, 1.807) is 35.7 Å². The molecule has 0 amide bonds. The normalized spacial score (nSPS) is 14.3. The van der Waals surface area contributed by atoms with Crippen LogP contribution in [-0.4, -0.2) is 61.5 Å². The van der Waals surface area contributed by atoms with Crippen molar-refractivity contribution in [2.24, 2.45) is 5.73 Å². The summed E-state index contributed by atoms with van der Waals surface area (Å²) < 4.78 is 10.4. The Kier molecular flexibility index (Phi) is 10.3. The average molecular weight is 435 g/mol. The molecule has 0 aromatic heterocycles. The molecule has 6 nitrogen and oxygen atoms in total. The zero-order valence-corrected chi connectivity index (χ0v) is 19.6. The lowest BCUT2D eigenvalue weighted by molar-refractivity contribution is -0.160. The maximum Gasteiger partial charge on any atom is 0.330 e. The van der Waals surface area contributed by atoms with E-state index in [0.717, 1.165) is 5.56 Å². The lowest BCUT2D eigenvalue weighted by Gasteiger charge is -2.38. The van der Waals surface area contributed by atoms with Gasteiger partial charge in [-0.2, -0.15) is 0 Å². The first-order valence-electron chi connectivity index (χ1n) is 9.77. The number of likely N-dealkylation sites (N-methyl/N-ethyl adjacent to an activating group) is 1. The quantitative estimate of drug-likeness (QED) is 0.188. The van der Waals surface area contributed by atoms with Crippen LogP contribution in [0.3, 0.4) is 0 Å². The Balaban J connectivity index is 2.41. The Morgan fingerprint density at radius 3 is 2.20 bits per heavy atom. The van der Waals surface area contributed by atoms with E-state index in [0.29, 0.717) is 6.42 Å². The van der Waals surface area contributed by atoms with E-state index >= 15 is 0 Å². The summed E-state index contributed by atoms with van der Waals surface area (Å²) in [4.78, 5) is 27.3. The van der Waals surface area contributed by atoms with E-state index < -0.39 is 23.0 Å². The van der Waals surface area contributed by atoms with Crippen LogP contribution in [0.25, 0.3) is 6.08 Å². The van der Waals surface area contributed by atoms with Crippen molar-refractivity contribution in [3.8, 4) is 0 Å². The summed E-state index contributed by atoms with van der Waals surface area (Å²) in [5, 5.41) is 0.